The molecule has 0 aromatic rings. The molecule has 0 amide bonds. The van der Waals surface area contributed by atoms with Gasteiger partial charge >= 0.3 is 0 Å². The zero-order valence-corrected chi connectivity index (χ0v) is 10.3. The van der Waals surface area contributed by atoms with Gasteiger partial charge in [-0.1, -0.05) is 32.6 Å². The second kappa shape index (κ2) is 4.28. The summed E-state index contributed by atoms with van der Waals surface area (Å²) in [5, 5.41) is 11.2. The van der Waals surface area contributed by atoms with E-state index < -0.39 is 0 Å². The van der Waals surface area contributed by atoms with Gasteiger partial charge in [0.2, 0.25) is 0 Å². The fourth-order valence-electron chi connectivity index (χ4n) is 1.77. The molecular formula is C12H23NO. The van der Waals surface area contributed by atoms with Crippen LogP contribution in [0, 0.1) is 0 Å². The summed E-state index contributed by atoms with van der Waals surface area (Å²) in [4.78, 5) is 0. The van der Waals surface area contributed by atoms with E-state index in [1.54, 1.807) is 6.08 Å². The molecule has 1 aliphatic heterocycles. The number of hydrogen-bond acceptors (Lipinski definition) is 2. The van der Waals surface area contributed by atoms with Gasteiger partial charge < -0.3 is 5.21 Å². The molecule has 14 heavy (non-hydrogen) atoms. The molecule has 0 radical (unpaired) electrons. The van der Waals surface area contributed by atoms with Crippen LogP contribution >= 0.6 is 0 Å². The van der Waals surface area contributed by atoms with Crippen LogP contribution in [0.4, 0.5) is 0 Å². The van der Waals surface area contributed by atoms with E-state index in [2.05, 4.69) is 6.58 Å². The van der Waals surface area contributed by atoms with Gasteiger partial charge in [0, 0.05) is 0 Å². The zero-order valence-electron chi connectivity index (χ0n) is 10.3. The van der Waals surface area contributed by atoms with E-state index in [1.165, 1.54) is 5.06 Å². The predicted octanol–water partition coefficient (Wildman–Crippen LogP) is 3.39. The van der Waals surface area contributed by atoms with Crippen LogP contribution in [0.25, 0.3) is 0 Å². The Balaban J connectivity index is 0.000000791. The first kappa shape index (κ1) is 13.4. The van der Waals surface area contributed by atoms with E-state index in [9.17, 15) is 5.21 Å². The lowest BCUT2D eigenvalue weighted by Gasteiger charge is -2.35. The molecule has 1 heterocycles. The van der Waals surface area contributed by atoms with Crippen LogP contribution in [0.5, 0.6) is 0 Å². The van der Waals surface area contributed by atoms with Gasteiger partial charge in [-0.05, 0) is 33.3 Å². The number of rotatable bonds is 1. The number of hydroxylamine groups is 2. The van der Waals surface area contributed by atoms with E-state index in [4.69, 9.17) is 0 Å². The van der Waals surface area contributed by atoms with E-state index in [1.807, 2.05) is 47.6 Å². The van der Waals surface area contributed by atoms with Crippen LogP contribution in [-0.4, -0.2) is 21.3 Å². The molecule has 82 valence electrons. The van der Waals surface area contributed by atoms with Crippen molar-refractivity contribution in [3.63, 3.8) is 0 Å². The van der Waals surface area contributed by atoms with Crippen molar-refractivity contribution >= 4 is 0 Å². The largest absolute Gasteiger partial charge is 0.312 e. The Morgan fingerprint density at radius 1 is 1.29 bits per heavy atom. The van der Waals surface area contributed by atoms with Crippen molar-refractivity contribution in [2.24, 2.45) is 0 Å². The smallest absolute Gasteiger partial charge is 0.0659 e. The lowest BCUT2D eigenvalue weighted by Crippen LogP contribution is -2.47. The Kier molecular flexibility index (Phi) is 4.10. The maximum atomic E-state index is 9.82. The third kappa shape index (κ3) is 2.07. The monoisotopic (exact) mass is 197 g/mol. The molecule has 0 atom stereocenters. The average molecular weight is 197 g/mol. The van der Waals surface area contributed by atoms with Crippen molar-refractivity contribution in [2.75, 3.05) is 0 Å². The molecule has 1 rings (SSSR count). The Morgan fingerprint density at radius 3 is 1.86 bits per heavy atom. The Labute approximate surface area is 87.9 Å². The van der Waals surface area contributed by atoms with Crippen LogP contribution in [0.3, 0.4) is 0 Å². The van der Waals surface area contributed by atoms with Gasteiger partial charge in [0.05, 0.1) is 11.1 Å². The topological polar surface area (TPSA) is 23.5 Å². The molecule has 0 spiro atoms. The Morgan fingerprint density at radius 2 is 1.71 bits per heavy atom. The quantitative estimate of drug-likeness (QED) is 0.696. The molecule has 0 fully saturated rings. The van der Waals surface area contributed by atoms with Gasteiger partial charge in [0.1, 0.15) is 0 Å². The number of nitrogens with zero attached hydrogens (tertiary/aromatic N) is 1. The molecule has 0 unspecified atom stereocenters. The molecule has 0 saturated carbocycles. The first-order valence-electron chi connectivity index (χ1n) is 5.17. The molecule has 0 saturated heterocycles. The normalized spacial score (nSPS) is 23.5. The number of hydrogen-bond donors (Lipinski definition) is 1. The van der Waals surface area contributed by atoms with E-state index in [-0.39, 0.29) is 11.1 Å². The lowest BCUT2D eigenvalue weighted by molar-refractivity contribution is -0.184. The fourth-order valence-corrected chi connectivity index (χ4v) is 1.77. The molecule has 0 aliphatic carbocycles. The van der Waals surface area contributed by atoms with Gasteiger partial charge in [-0.25, -0.2) is 0 Å². The summed E-state index contributed by atoms with van der Waals surface area (Å²) >= 11 is 0. The van der Waals surface area contributed by atoms with Crippen molar-refractivity contribution in [3.05, 3.63) is 24.3 Å². The fraction of sp³-hybridized carbons (Fsp3) is 0.667. The summed E-state index contributed by atoms with van der Waals surface area (Å²) in [6.07, 6.45) is 3.85. The van der Waals surface area contributed by atoms with Gasteiger partial charge in [-0.3, -0.25) is 0 Å². The highest BCUT2D eigenvalue weighted by Gasteiger charge is 2.43. The Hall–Kier alpha value is -0.600. The maximum absolute atomic E-state index is 9.82. The minimum atomic E-state index is -0.314. The summed E-state index contributed by atoms with van der Waals surface area (Å²) in [7, 11) is 0. The Bertz CT molecular complexity index is 239. The molecule has 0 aromatic heterocycles. The van der Waals surface area contributed by atoms with Crippen molar-refractivity contribution in [2.45, 2.75) is 52.6 Å². The third-order valence-electron chi connectivity index (χ3n) is 2.51. The second-order valence-electron chi connectivity index (χ2n) is 4.33. The zero-order chi connectivity index (χ0) is 11.6. The van der Waals surface area contributed by atoms with Crippen LogP contribution < -0.4 is 0 Å². The summed E-state index contributed by atoms with van der Waals surface area (Å²) in [5.41, 5.74) is 0.480. The second-order valence-corrected chi connectivity index (χ2v) is 4.33. The minimum absolute atomic E-state index is 0.285. The highest BCUT2D eigenvalue weighted by Crippen LogP contribution is 2.38. The van der Waals surface area contributed by atoms with Gasteiger partial charge in [-0.15, -0.1) is 0 Å². The maximum Gasteiger partial charge on any atom is 0.0659 e. The van der Waals surface area contributed by atoms with Crippen LogP contribution in [-0.2, 0) is 0 Å². The summed E-state index contributed by atoms with van der Waals surface area (Å²) in [6.45, 7) is 15.6. The first-order valence-corrected chi connectivity index (χ1v) is 5.17. The van der Waals surface area contributed by atoms with Crippen LogP contribution in [0.2, 0.25) is 0 Å². The third-order valence-corrected chi connectivity index (χ3v) is 2.51. The van der Waals surface area contributed by atoms with E-state index in [0.29, 0.717) is 0 Å². The molecule has 1 N–H and O–H groups in total. The van der Waals surface area contributed by atoms with Crippen molar-refractivity contribution in [1.29, 1.82) is 0 Å². The summed E-state index contributed by atoms with van der Waals surface area (Å²) in [6, 6.07) is 0. The van der Waals surface area contributed by atoms with E-state index >= 15 is 0 Å². The van der Waals surface area contributed by atoms with Gasteiger partial charge in [0.15, 0.2) is 0 Å². The van der Waals surface area contributed by atoms with Crippen molar-refractivity contribution in [3.8, 4) is 0 Å². The predicted molar refractivity (Wildman–Crippen MR) is 61.4 cm³/mol. The van der Waals surface area contributed by atoms with E-state index in [0.717, 1.165) is 5.57 Å². The van der Waals surface area contributed by atoms with Crippen LogP contribution in [0.15, 0.2) is 24.3 Å². The van der Waals surface area contributed by atoms with Gasteiger partial charge in [-0.2, -0.15) is 5.06 Å². The molecule has 2 nitrogen and oxygen atoms in total. The van der Waals surface area contributed by atoms with Crippen molar-refractivity contribution < 1.29 is 5.21 Å². The highest BCUT2D eigenvalue weighted by molar-refractivity contribution is 5.36. The molecule has 0 aromatic carbocycles. The lowest BCUT2D eigenvalue weighted by atomic mass is 9.97. The minimum Gasteiger partial charge on any atom is -0.312 e. The SMILES string of the molecule is C=CC1=CC(C)(C)N(O)C1(C)C.CC. The molecule has 2 heteroatoms. The molecule has 0 bridgehead atoms. The first-order chi connectivity index (χ1) is 6.32. The van der Waals surface area contributed by atoms with Crippen molar-refractivity contribution in [1.82, 2.24) is 5.06 Å². The summed E-state index contributed by atoms with van der Waals surface area (Å²) < 4.78 is 0. The average Bonchev–Trinajstić information content (AvgIpc) is 2.29. The molecule has 1 aliphatic rings. The molecular weight excluding hydrogens is 174 g/mol. The van der Waals surface area contributed by atoms with Crippen LogP contribution in [0.1, 0.15) is 41.5 Å². The summed E-state index contributed by atoms with van der Waals surface area (Å²) in [5.74, 6) is 0. The van der Waals surface area contributed by atoms with Gasteiger partial charge in [0.25, 0.3) is 0 Å². The standard InChI is InChI=1S/C10H17NO.C2H6/c1-6-8-7-9(2,3)11(12)10(8,4)5;1-2/h6-7,12H,1H2,2-5H3;1-2H3. The highest BCUT2D eigenvalue weighted by atomic mass is 16.5.